The van der Waals surface area contributed by atoms with Gasteiger partial charge >= 0.3 is 0 Å². The van der Waals surface area contributed by atoms with Crippen molar-refractivity contribution in [3.05, 3.63) is 94.5 Å². The van der Waals surface area contributed by atoms with Crippen molar-refractivity contribution in [1.29, 1.82) is 0 Å². The minimum absolute atomic E-state index is 0.0596. The van der Waals surface area contributed by atoms with Crippen LogP contribution in [0.1, 0.15) is 5.56 Å². The first-order valence-electron chi connectivity index (χ1n) is 9.05. The summed E-state index contributed by atoms with van der Waals surface area (Å²) in [5.74, 6) is -0.174. The molecule has 3 rings (SSSR count). The highest BCUT2D eigenvalue weighted by molar-refractivity contribution is 7.99. The van der Waals surface area contributed by atoms with Gasteiger partial charge in [-0.2, -0.15) is 0 Å². The number of anilines is 1. The van der Waals surface area contributed by atoms with Gasteiger partial charge in [-0.05, 0) is 31.3 Å². The number of benzene rings is 3. The number of nitrogens with one attached hydrogen (secondary N) is 1. The second kappa shape index (κ2) is 9.86. The smallest absolute Gasteiger partial charge is 0.273 e. The van der Waals surface area contributed by atoms with Crippen LogP contribution in [0.25, 0.3) is 0 Å². The topological polar surface area (TPSA) is 75.5 Å². The fourth-order valence-electron chi connectivity index (χ4n) is 2.88. The molecule has 0 spiro atoms. The van der Waals surface area contributed by atoms with E-state index in [-0.39, 0.29) is 18.1 Å². The molecule has 0 aromatic heterocycles. The van der Waals surface area contributed by atoms with Crippen LogP contribution in [0.5, 0.6) is 0 Å². The van der Waals surface area contributed by atoms with E-state index in [0.29, 0.717) is 12.1 Å². The first-order chi connectivity index (χ1) is 14.0. The maximum absolute atomic E-state index is 12.5. The second-order valence-electron chi connectivity index (χ2n) is 6.52. The third kappa shape index (κ3) is 5.91. The van der Waals surface area contributed by atoms with Crippen molar-refractivity contribution in [2.75, 3.05) is 18.9 Å². The Morgan fingerprint density at radius 2 is 1.66 bits per heavy atom. The Morgan fingerprint density at radius 3 is 2.41 bits per heavy atom. The van der Waals surface area contributed by atoms with Crippen LogP contribution < -0.4 is 5.32 Å². The normalized spacial score (nSPS) is 10.7. The van der Waals surface area contributed by atoms with Crippen molar-refractivity contribution in [3.8, 4) is 0 Å². The number of carbonyl (C=O) groups excluding carboxylic acids is 1. The van der Waals surface area contributed by atoms with Gasteiger partial charge in [-0.3, -0.25) is 19.8 Å². The number of nitro groups is 1. The van der Waals surface area contributed by atoms with E-state index in [0.717, 1.165) is 15.5 Å². The van der Waals surface area contributed by atoms with E-state index >= 15 is 0 Å². The Kier molecular flexibility index (Phi) is 6.99. The zero-order valence-corrected chi connectivity index (χ0v) is 16.8. The average molecular weight is 407 g/mol. The largest absolute Gasteiger partial charge is 0.324 e. The molecule has 3 aromatic rings. The number of nitrogens with zero attached hydrogens (tertiary/aromatic N) is 2. The van der Waals surface area contributed by atoms with Crippen LogP contribution in [0.3, 0.4) is 0 Å². The van der Waals surface area contributed by atoms with Gasteiger partial charge in [-0.1, -0.05) is 60.3 Å². The van der Waals surface area contributed by atoms with Crippen molar-refractivity contribution in [2.45, 2.75) is 16.3 Å². The summed E-state index contributed by atoms with van der Waals surface area (Å²) in [7, 11) is 1.76. The molecule has 6 nitrogen and oxygen atoms in total. The van der Waals surface area contributed by atoms with Crippen LogP contribution >= 0.6 is 11.8 Å². The van der Waals surface area contributed by atoms with Crippen molar-refractivity contribution in [3.63, 3.8) is 0 Å². The molecule has 0 atom stereocenters. The van der Waals surface area contributed by atoms with Crippen LogP contribution in [0.2, 0.25) is 0 Å². The standard InChI is InChI=1S/C22H21N3O3S/c1-24(15-17-9-5-7-13-20(17)25(27)28)16-22(26)23-19-12-6-8-14-21(19)29-18-10-3-2-4-11-18/h2-14H,15-16H2,1H3,(H,23,26). The van der Waals surface area contributed by atoms with Crippen LogP contribution in [0.15, 0.2) is 88.7 Å². The molecule has 1 amide bonds. The fourth-order valence-corrected chi connectivity index (χ4v) is 3.80. The molecule has 0 saturated heterocycles. The molecule has 7 heteroatoms. The van der Waals surface area contributed by atoms with Gasteiger partial charge in [0.2, 0.25) is 5.91 Å². The van der Waals surface area contributed by atoms with E-state index < -0.39 is 4.92 Å². The van der Waals surface area contributed by atoms with E-state index in [2.05, 4.69) is 5.32 Å². The highest BCUT2D eigenvalue weighted by Crippen LogP contribution is 2.33. The van der Waals surface area contributed by atoms with Gasteiger partial charge in [0.15, 0.2) is 0 Å². The number of hydrogen-bond donors (Lipinski definition) is 1. The molecule has 0 heterocycles. The molecule has 148 valence electrons. The molecular weight excluding hydrogens is 386 g/mol. The molecule has 0 aliphatic rings. The molecule has 0 saturated carbocycles. The summed E-state index contributed by atoms with van der Waals surface area (Å²) in [6, 6.07) is 24.2. The van der Waals surface area contributed by atoms with E-state index in [9.17, 15) is 14.9 Å². The van der Waals surface area contributed by atoms with Crippen molar-refractivity contribution in [2.24, 2.45) is 0 Å². The van der Waals surface area contributed by atoms with Gasteiger partial charge in [-0.25, -0.2) is 0 Å². The maximum Gasteiger partial charge on any atom is 0.273 e. The van der Waals surface area contributed by atoms with Gasteiger partial charge in [0.25, 0.3) is 5.69 Å². The van der Waals surface area contributed by atoms with Crippen molar-refractivity contribution >= 4 is 29.0 Å². The number of nitro benzene ring substituents is 1. The number of para-hydroxylation sites is 2. The highest BCUT2D eigenvalue weighted by atomic mass is 32.2. The van der Waals surface area contributed by atoms with Gasteiger partial charge in [0.1, 0.15) is 0 Å². The first kappa shape index (κ1) is 20.6. The van der Waals surface area contributed by atoms with Crippen molar-refractivity contribution < 1.29 is 9.72 Å². The zero-order valence-electron chi connectivity index (χ0n) is 15.9. The quantitative estimate of drug-likeness (QED) is 0.428. The lowest BCUT2D eigenvalue weighted by molar-refractivity contribution is -0.385. The number of carbonyl (C=O) groups is 1. The summed E-state index contributed by atoms with van der Waals surface area (Å²) >= 11 is 1.58. The van der Waals surface area contributed by atoms with Gasteiger partial charge in [-0.15, -0.1) is 0 Å². The van der Waals surface area contributed by atoms with Gasteiger partial charge in [0.05, 0.1) is 17.2 Å². The number of likely N-dealkylation sites (N-methyl/N-ethyl adjacent to an activating group) is 1. The Bertz CT molecular complexity index is 995. The lowest BCUT2D eigenvalue weighted by Gasteiger charge is -2.17. The lowest BCUT2D eigenvalue weighted by Crippen LogP contribution is -2.30. The number of hydrogen-bond acceptors (Lipinski definition) is 5. The van der Waals surface area contributed by atoms with Crippen LogP contribution in [0.4, 0.5) is 11.4 Å². The van der Waals surface area contributed by atoms with E-state index in [1.807, 2.05) is 54.6 Å². The molecule has 0 aliphatic carbocycles. The Balaban J connectivity index is 1.63. The Hall–Kier alpha value is -3.16. The molecule has 0 radical (unpaired) electrons. The minimum atomic E-state index is -0.402. The summed E-state index contributed by atoms with van der Waals surface area (Å²) in [4.78, 5) is 27.1. The van der Waals surface area contributed by atoms with Crippen LogP contribution in [-0.2, 0) is 11.3 Å². The average Bonchev–Trinajstić information content (AvgIpc) is 2.70. The molecule has 0 unspecified atom stereocenters. The minimum Gasteiger partial charge on any atom is -0.324 e. The summed E-state index contributed by atoms with van der Waals surface area (Å²) in [6.07, 6.45) is 0. The second-order valence-corrected chi connectivity index (χ2v) is 7.63. The molecule has 29 heavy (non-hydrogen) atoms. The molecule has 0 fully saturated rings. The Morgan fingerprint density at radius 1 is 1.00 bits per heavy atom. The monoisotopic (exact) mass is 407 g/mol. The van der Waals surface area contributed by atoms with Crippen LogP contribution in [-0.4, -0.2) is 29.3 Å². The van der Waals surface area contributed by atoms with E-state index in [1.54, 1.807) is 41.9 Å². The SMILES string of the molecule is CN(CC(=O)Nc1ccccc1Sc1ccccc1)Cc1ccccc1[N+](=O)[O-]. The molecular formula is C22H21N3O3S. The zero-order chi connectivity index (χ0) is 20.6. The molecule has 0 bridgehead atoms. The van der Waals surface area contributed by atoms with E-state index in [4.69, 9.17) is 0 Å². The summed E-state index contributed by atoms with van der Waals surface area (Å²) in [5.41, 5.74) is 1.38. The maximum atomic E-state index is 12.5. The lowest BCUT2D eigenvalue weighted by atomic mass is 10.1. The Labute approximate surface area is 173 Å². The molecule has 0 aliphatic heterocycles. The third-order valence-electron chi connectivity index (χ3n) is 4.17. The summed E-state index contributed by atoms with van der Waals surface area (Å²) in [6.45, 7) is 0.432. The number of rotatable bonds is 8. The summed E-state index contributed by atoms with van der Waals surface area (Å²) < 4.78 is 0. The predicted octanol–water partition coefficient (Wildman–Crippen LogP) is 4.82. The third-order valence-corrected chi connectivity index (χ3v) is 5.26. The number of amides is 1. The van der Waals surface area contributed by atoms with Crippen LogP contribution in [0, 0.1) is 10.1 Å². The van der Waals surface area contributed by atoms with E-state index in [1.165, 1.54) is 6.07 Å². The molecule has 3 aromatic carbocycles. The summed E-state index contributed by atoms with van der Waals surface area (Å²) in [5, 5.41) is 14.1. The predicted molar refractivity (Wildman–Crippen MR) is 115 cm³/mol. The first-order valence-corrected chi connectivity index (χ1v) is 9.87. The molecule has 1 N–H and O–H groups in total. The van der Waals surface area contributed by atoms with Gasteiger partial charge < -0.3 is 5.32 Å². The van der Waals surface area contributed by atoms with Crippen molar-refractivity contribution in [1.82, 2.24) is 4.90 Å². The highest BCUT2D eigenvalue weighted by Gasteiger charge is 2.16. The fraction of sp³-hybridized carbons (Fsp3) is 0.136. The van der Waals surface area contributed by atoms with Gasteiger partial charge in [0, 0.05) is 28.0 Å².